The molecule has 0 unspecified atom stereocenters. The molecule has 0 aliphatic carbocycles. The summed E-state index contributed by atoms with van der Waals surface area (Å²) in [7, 11) is 0. The number of ether oxygens (including phenoxy) is 1. The predicted octanol–water partition coefficient (Wildman–Crippen LogP) is 5.41. The Morgan fingerprint density at radius 1 is 1.08 bits per heavy atom. The number of benzene rings is 1. The molecule has 7 nitrogen and oxygen atoms in total. The molecule has 3 aliphatic rings. The molecule has 1 amide bonds. The molecule has 1 saturated heterocycles. The first-order valence-corrected chi connectivity index (χ1v) is 13.8. The van der Waals surface area contributed by atoms with Crippen molar-refractivity contribution in [2.75, 3.05) is 31.2 Å². The number of aromatic nitrogens is 3. The van der Waals surface area contributed by atoms with E-state index in [0.29, 0.717) is 18.5 Å². The van der Waals surface area contributed by atoms with Crippen molar-refractivity contribution in [2.24, 2.45) is 0 Å². The van der Waals surface area contributed by atoms with Gasteiger partial charge in [0.1, 0.15) is 0 Å². The molecule has 37 heavy (non-hydrogen) atoms. The van der Waals surface area contributed by atoms with E-state index in [1.54, 1.807) is 6.92 Å². The van der Waals surface area contributed by atoms with Crippen LogP contribution in [0.1, 0.15) is 74.4 Å². The third-order valence-electron chi connectivity index (χ3n) is 8.26. The Morgan fingerprint density at radius 2 is 1.86 bits per heavy atom. The minimum atomic E-state index is 0.129. The van der Waals surface area contributed by atoms with Gasteiger partial charge in [0.2, 0.25) is 5.91 Å². The largest absolute Gasteiger partial charge is 0.381 e. The van der Waals surface area contributed by atoms with Crippen molar-refractivity contribution in [1.29, 1.82) is 0 Å². The zero-order valence-corrected chi connectivity index (χ0v) is 22.2. The number of hydrogen-bond acceptors (Lipinski definition) is 5. The van der Waals surface area contributed by atoms with E-state index in [1.165, 1.54) is 22.4 Å². The first-order chi connectivity index (χ1) is 18.0. The molecule has 0 radical (unpaired) electrons. The fourth-order valence-corrected chi connectivity index (χ4v) is 6.04. The maximum Gasteiger partial charge on any atom is 0.219 e. The third kappa shape index (κ3) is 4.54. The van der Waals surface area contributed by atoms with Gasteiger partial charge in [-0.15, -0.1) is 0 Å². The minimum absolute atomic E-state index is 0.129. The zero-order valence-electron chi connectivity index (χ0n) is 22.2. The van der Waals surface area contributed by atoms with Gasteiger partial charge in [-0.25, -0.2) is 0 Å². The zero-order chi connectivity index (χ0) is 25.5. The SMILES string of the molecule is CC(=O)N1CCc2c(c(N3CCCc4cc(-c5ccc(C(C)C)cc5)ncc43)nn2C2CCOCC2)C1. The maximum absolute atomic E-state index is 12.3. The summed E-state index contributed by atoms with van der Waals surface area (Å²) < 4.78 is 7.91. The van der Waals surface area contributed by atoms with Crippen LogP contribution in [0.25, 0.3) is 11.3 Å². The number of amides is 1. The molecule has 3 aliphatic heterocycles. The predicted molar refractivity (Wildman–Crippen MR) is 145 cm³/mol. The van der Waals surface area contributed by atoms with Crippen molar-refractivity contribution in [3.8, 4) is 11.3 Å². The molecule has 7 heteroatoms. The summed E-state index contributed by atoms with van der Waals surface area (Å²) in [6.45, 7) is 9.97. The number of anilines is 2. The molecule has 0 saturated carbocycles. The van der Waals surface area contributed by atoms with Crippen LogP contribution in [0.4, 0.5) is 11.5 Å². The number of nitrogens with zero attached hydrogens (tertiary/aromatic N) is 5. The first kappa shape index (κ1) is 24.2. The number of carbonyl (C=O) groups is 1. The van der Waals surface area contributed by atoms with Crippen LogP contribution in [-0.4, -0.2) is 51.9 Å². The number of aryl methyl sites for hydroxylation is 1. The van der Waals surface area contributed by atoms with Crippen molar-refractivity contribution in [1.82, 2.24) is 19.7 Å². The molecule has 194 valence electrons. The van der Waals surface area contributed by atoms with Gasteiger partial charge in [-0.2, -0.15) is 5.10 Å². The maximum atomic E-state index is 12.3. The van der Waals surface area contributed by atoms with Crippen LogP contribution in [0.5, 0.6) is 0 Å². The molecular weight excluding hydrogens is 462 g/mol. The molecule has 5 heterocycles. The number of rotatable bonds is 4. The van der Waals surface area contributed by atoms with Crippen LogP contribution in [0.3, 0.4) is 0 Å². The minimum Gasteiger partial charge on any atom is -0.381 e. The van der Waals surface area contributed by atoms with Crippen molar-refractivity contribution in [3.05, 3.63) is 58.9 Å². The summed E-state index contributed by atoms with van der Waals surface area (Å²) in [6, 6.07) is 11.4. The van der Waals surface area contributed by atoms with Crippen LogP contribution in [0.15, 0.2) is 36.5 Å². The van der Waals surface area contributed by atoms with Crippen molar-refractivity contribution < 1.29 is 9.53 Å². The lowest BCUT2D eigenvalue weighted by atomic mass is 9.97. The molecule has 6 rings (SSSR count). The molecule has 0 bridgehead atoms. The lowest BCUT2D eigenvalue weighted by molar-refractivity contribution is -0.129. The molecule has 0 N–H and O–H groups in total. The van der Waals surface area contributed by atoms with Crippen LogP contribution < -0.4 is 4.90 Å². The van der Waals surface area contributed by atoms with Crippen LogP contribution in [0, 0.1) is 0 Å². The van der Waals surface area contributed by atoms with E-state index in [4.69, 9.17) is 14.8 Å². The van der Waals surface area contributed by atoms with E-state index < -0.39 is 0 Å². The molecule has 1 fully saturated rings. The Morgan fingerprint density at radius 3 is 2.59 bits per heavy atom. The second-order valence-corrected chi connectivity index (χ2v) is 11.0. The van der Waals surface area contributed by atoms with Gasteiger partial charge in [0.15, 0.2) is 5.82 Å². The van der Waals surface area contributed by atoms with E-state index in [0.717, 1.165) is 81.2 Å². The van der Waals surface area contributed by atoms with Crippen molar-refractivity contribution in [2.45, 2.75) is 71.4 Å². The quantitative estimate of drug-likeness (QED) is 0.480. The Hall–Kier alpha value is -3.19. The molecule has 3 aromatic rings. The summed E-state index contributed by atoms with van der Waals surface area (Å²) in [5.41, 5.74) is 8.48. The average Bonchev–Trinajstić information content (AvgIpc) is 3.31. The van der Waals surface area contributed by atoms with Crippen molar-refractivity contribution >= 4 is 17.4 Å². The smallest absolute Gasteiger partial charge is 0.219 e. The van der Waals surface area contributed by atoms with Crippen LogP contribution in [0.2, 0.25) is 0 Å². The van der Waals surface area contributed by atoms with E-state index in [1.807, 2.05) is 11.1 Å². The van der Waals surface area contributed by atoms with E-state index >= 15 is 0 Å². The van der Waals surface area contributed by atoms with Gasteiger partial charge >= 0.3 is 0 Å². The second-order valence-electron chi connectivity index (χ2n) is 11.0. The Labute approximate surface area is 219 Å². The Kier molecular flexibility index (Phi) is 6.49. The summed E-state index contributed by atoms with van der Waals surface area (Å²) in [6.07, 6.45) is 6.96. The highest BCUT2D eigenvalue weighted by molar-refractivity contribution is 5.75. The van der Waals surface area contributed by atoms with Gasteiger partial charge in [-0.3, -0.25) is 14.5 Å². The summed E-state index contributed by atoms with van der Waals surface area (Å²) in [5.74, 6) is 1.65. The monoisotopic (exact) mass is 499 g/mol. The van der Waals surface area contributed by atoms with E-state index in [-0.39, 0.29) is 5.91 Å². The van der Waals surface area contributed by atoms with Crippen LogP contribution in [-0.2, 0) is 28.9 Å². The van der Waals surface area contributed by atoms with Gasteiger partial charge < -0.3 is 14.5 Å². The van der Waals surface area contributed by atoms with Gasteiger partial charge in [-0.1, -0.05) is 38.1 Å². The van der Waals surface area contributed by atoms with Crippen molar-refractivity contribution in [3.63, 3.8) is 0 Å². The number of carbonyl (C=O) groups excluding carboxylic acids is 1. The normalized spacial score (nSPS) is 18.2. The number of pyridine rings is 1. The van der Waals surface area contributed by atoms with Gasteiger partial charge in [0.05, 0.1) is 30.2 Å². The first-order valence-electron chi connectivity index (χ1n) is 13.8. The van der Waals surface area contributed by atoms with E-state index in [9.17, 15) is 4.79 Å². The molecule has 2 aromatic heterocycles. The fourth-order valence-electron chi connectivity index (χ4n) is 6.04. The standard InChI is InChI=1S/C30H37N5O2/c1-20(2)22-6-8-23(9-7-22)27-17-24-5-4-13-34(29(24)18-31-27)30-26-19-33(21(3)36)14-10-28(26)35(32-30)25-11-15-37-16-12-25/h6-9,17-18,20,25H,4-5,10-16,19H2,1-3H3. The number of fused-ring (bicyclic) bond motifs is 2. The second kappa shape index (κ2) is 9.93. The van der Waals surface area contributed by atoms with E-state index in [2.05, 4.69) is 53.8 Å². The Balaban J connectivity index is 1.37. The molecule has 0 atom stereocenters. The average molecular weight is 500 g/mol. The highest BCUT2D eigenvalue weighted by atomic mass is 16.5. The summed E-state index contributed by atoms with van der Waals surface area (Å²) in [4.78, 5) is 21.5. The fraction of sp³-hybridized carbons (Fsp3) is 0.500. The number of hydrogen-bond donors (Lipinski definition) is 0. The van der Waals surface area contributed by atoms with Gasteiger partial charge in [-0.05, 0) is 48.8 Å². The highest BCUT2D eigenvalue weighted by Crippen LogP contribution is 2.40. The molecule has 0 spiro atoms. The molecular formula is C30H37N5O2. The highest BCUT2D eigenvalue weighted by Gasteiger charge is 2.33. The van der Waals surface area contributed by atoms with Gasteiger partial charge in [0, 0.05) is 56.5 Å². The third-order valence-corrected chi connectivity index (χ3v) is 8.26. The summed E-state index contributed by atoms with van der Waals surface area (Å²) in [5, 5.41) is 5.26. The molecule has 1 aromatic carbocycles. The lowest BCUT2D eigenvalue weighted by Crippen LogP contribution is -2.36. The Bertz CT molecular complexity index is 1290. The topological polar surface area (TPSA) is 63.5 Å². The van der Waals surface area contributed by atoms with Gasteiger partial charge in [0.25, 0.3) is 0 Å². The van der Waals surface area contributed by atoms with Crippen LogP contribution >= 0.6 is 0 Å². The lowest BCUT2D eigenvalue weighted by Gasteiger charge is -2.32. The summed E-state index contributed by atoms with van der Waals surface area (Å²) >= 11 is 0.